The Kier molecular flexibility index (Phi) is 6.29. The van der Waals surface area contributed by atoms with E-state index in [-0.39, 0.29) is 5.69 Å². The lowest BCUT2D eigenvalue weighted by Gasteiger charge is -2.10. The van der Waals surface area contributed by atoms with E-state index < -0.39 is 0 Å². The number of para-hydroxylation sites is 1. The summed E-state index contributed by atoms with van der Waals surface area (Å²) in [6.45, 7) is 2.37. The molecule has 1 heterocycles. The lowest BCUT2D eigenvalue weighted by Crippen LogP contribution is -2.00. The number of nitrogens with zero attached hydrogens (tertiary/aromatic N) is 2. The number of oxazole rings is 1. The van der Waals surface area contributed by atoms with Gasteiger partial charge in [-0.05, 0) is 48.9 Å². The van der Waals surface area contributed by atoms with Crippen molar-refractivity contribution in [2.75, 3.05) is 12.4 Å². The summed E-state index contributed by atoms with van der Waals surface area (Å²) in [5.41, 5.74) is 2.74. The van der Waals surface area contributed by atoms with Crippen LogP contribution >= 0.6 is 11.6 Å². The van der Waals surface area contributed by atoms with Crippen molar-refractivity contribution in [3.63, 3.8) is 0 Å². The summed E-state index contributed by atoms with van der Waals surface area (Å²) in [4.78, 5) is 4.30. The molecule has 1 N–H and O–H groups in total. The van der Waals surface area contributed by atoms with Gasteiger partial charge in [-0.2, -0.15) is 10.2 Å². The normalized spacial score (nSPS) is 10.4. The van der Waals surface area contributed by atoms with E-state index in [1.807, 2.05) is 73.7 Å². The number of nitrogens with one attached hydrogen (secondary N) is 1. The van der Waals surface area contributed by atoms with Crippen LogP contribution in [0.2, 0.25) is 5.02 Å². The first-order valence-electron chi connectivity index (χ1n) is 9.89. The number of anilines is 1. The average molecular weight is 446 g/mol. The monoisotopic (exact) mass is 445 g/mol. The van der Waals surface area contributed by atoms with Crippen molar-refractivity contribution in [2.45, 2.75) is 13.5 Å². The van der Waals surface area contributed by atoms with Crippen molar-refractivity contribution in [2.24, 2.45) is 0 Å². The predicted molar refractivity (Wildman–Crippen MR) is 123 cm³/mol. The molecule has 0 amide bonds. The quantitative estimate of drug-likeness (QED) is 0.345. The molecule has 0 saturated heterocycles. The second-order valence-electron chi connectivity index (χ2n) is 6.97. The number of halogens is 1. The number of methoxy groups -OCH3 is 1. The highest BCUT2D eigenvalue weighted by molar-refractivity contribution is 6.31. The first kappa shape index (κ1) is 21.3. The molecule has 0 radical (unpaired) electrons. The zero-order valence-corrected chi connectivity index (χ0v) is 18.3. The third-order valence-corrected chi connectivity index (χ3v) is 5.30. The van der Waals surface area contributed by atoms with Gasteiger partial charge in [0.05, 0.1) is 12.7 Å². The number of rotatable bonds is 7. The molecule has 0 aliphatic rings. The van der Waals surface area contributed by atoms with Gasteiger partial charge in [0.25, 0.3) is 0 Å². The first-order valence-corrected chi connectivity index (χ1v) is 10.3. The molecule has 6 nitrogen and oxygen atoms in total. The maximum atomic E-state index is 9.45. The van der Waals surface area contributed by atoms with E-state index in [0.717, 1.165) is 11.1 Å². The van der Waals surface area contributed by atoms with E-state index in [0.29, 0.717) is 46.2 Å². The Labute approximate surface area is 191 Å². The molecule has 1 aromatic heterocycles. The number of aromatic nitrogens is 1. The molecule has 0 bridgehead atoms. The molecule has 3 aromatic carbocycles. The number of hydrogen-bond donors (Lipinski definition) is 1. The summed E-state index contributed by atoms with van der Waals surface area (Å²) >= 11 is 6.16. The fourth-order valence-corrected chi connectivity index (χ4v) is 3.30. The molecule has 0 aliphatic heterocycles. The Morgan fingerprint density at radius 1 is 1.03 bits per heavy atom. The number of benzene rings is 3. The summed E-state index contributed by atoms with van der Waals surface area (Å²) in [5, 5.41) is 13.3. The zero-order valence-electron chi connectivity index (χ0n) is 17.6. The molecule has 0 spiro atoms. The van der Waals surface area contributed by atoms with Gasteiger partial charge in [0, 0.05) is 17.1 Å². The summed E-state index contributed by atoms with van der Waals surface area (Å²) < 4.78 is 17.1. The third-order valence-electron chi connectivity index (χ3n) is 4.89. The lowest BCUT2D eigenvalue weighted by molar-refractivity contribution is 0.414. The number of nitriles is 1. The SMILES string of the molecule is COc1ccccc1-c1nc(C#N)c(NCc2ccc(Oc3cccc(Cl)c3C)cc2)o1. The Morgan fingerprint density at radius 3 is 2.53 bits per heavy atom. The van der Waals surface area contributed by atoms with Crippen LogP contribution in [0.1, 0.15) is 16.8 Å². The van der Waals surface area contributed by atoms with Crippen LogP contribution in [0, 0.1) is 18.3 Å². The predicted octanol–water partition coefficient (Wildman–Crippen LogP) is 6.59. The van der Waals surface area contributed by atoms with E-state index in [4.69, 9.17) is 25.5 Å². The number of ether oxygens (including phenoxy) is 2. The van der Waals surface area contributed by atoms with Gasteiger partial charge in [-0.15, -0.1) is 0 Å². The first-order chi connectivity index (χ1) is 15.6. The van der Waals surface area contributed by atoms with Crippen molar-refractivity contribution in [1.82, 2.24) is 4.98 Å². The minimum atomic E-state index is 0.183. The van der Waals surface area contributed by atoms with Crippen molar-refractivity contribution in [3.05, 3.63) is 88.6 Å². The summed E-state index contributed by atoms with van der Waals surface area (Å²) in [5.74, 6) is 2.67. The Hall–Kier alpha value is -3.95. The molecular weight excluding hydrogens is 426 g/mol. The Bertz CT molecular complexity index is 1280. The topological polar surface area (TPSA) is 80.3 Å². The molecule has 0 saturated carbocycles. The summed E-state index contributed by atoms with van der Waals surface area (Å²) in [7, 11) is 1.58. The van der Waals surface area contributed by atoms with Crippen LogP contribution in [0.15, 0.2) is 71.1 Å². The van der Waals surface area contributed by atoms with Gasteiger partial charge in [-0.3, -0.25) is 0 Å². The van der Waals surface area contributed by atoms with Gasteiger partial charge in [-0.1, -0.05) is 41.9 Å². The van der Waals surface area contributed by atoms with Crippen LogP contribution < -0.4 is 14.8 Å². The molecule has 0 aliphatic carbocycles. The fraction of sp³-hybridized carbons (Fsp3) is 0.120. The van der Waals surface area contributed by atoms with E-state index in [2.05, 4.69) is 16.4 Å². The smallest absolute Gasteiger partial charge is 0.233 e. The molecule has 0 atom stereocenters. The van der Waals surface area contributed by atoms with E-state index in [9.17, 15) is 5.26 Å². The second kappa shape index (κ2) is 9.46. The molecule has 160 valence electrons. The van der Waals surface area contributed by atoms with Gasteiger partial charge in [0.1, 0.15) is 23.3 Å². The van der Waals surface area contributed by atoms with E-state index in [1.165, 1.54) is 0 Å². The van der Waals surface area contributed by atoms with Gasteiger partial charge >= 0.3 is 0 Å². The molecule has 4 aromatic rings. The van der Waals surface area contributed by atoms with E-state index in [1.54, 1.807) is 7.11 Å². The van der Waals surface area contributed by atoms with Gasteiger partial charge in [0.15, 0.2) is 0 Å². The Morgan fingerprint density at radius 2 is 1.78 bits per heavy atom. The van der Waals surface area contributed by atoms with Crippen molar-refractivity contribution >= 4 is 17.5 Å². The lowest BCUT2D eigenvalue weighted by atomic mass is 10.2. The highest BCUT2D eigenvalue weighted by Crippen LogP contribution is 2.33. The molecular formula is C25H20ClN3O3. The minimum absolute atomic E-state index is 0.183. The van der Waals surface area contributed by atoms with Crippen LogP contribution in [0.5, 0.6) is 17.2 Å². The maximum Gasteiger partial charge on any atom is 0.233 e. The third kappa shape index (κ3) is 4.53. The van der Waals surface area contributed by atoms with Gasteiger partial charge in [-0.25, -0.2) is 0 Å². The highest BCUT2D eigenvalue weighted by atomic mass is 35.5. The van der Waals surface area contributed by atoms with Crippen LogP contribution in [0.3, 0.4) is 0 Å². The van der Waals surface area contributed by atoms with Crippen molar-refractivity contribution < 1.29 is 13.9 Å². The van der Waals surface area contributed by atoms with Crippen LogP contribution in [-0.4, -0.2) is 12.1 Å². The average Bonchev–Trinajstić information content (AvgIpc) is 3.24. The molecule has 4 rings (SSSR count). The molecule has 0 fully saturated rings. The van der Waals surface area contributed by atoms with Crippen LogP contribution in [0.4, 0.5) is 5.88 Å². The van der Waals surface area contributed by atoms with Gasteiger partial charge < -0.3 is 19.2 Å². The van der Waals surface area contributed by atoms with Crippen LogP contribution in [0.25, 0.3) is 11.5 Å². The number of hydrogen-bond acceptors (Lipinski definition) is 6. The summed E-state index contributed by atoms with van der Waals surface area (Å²) in [6.07, 6.45) is 0. The highest BCUT2D eigenvalue weighted by Gasteiger charge is 2.17. The van der Waals surface area contributed by atoms with Crippen LogP contribution in [-0.2, 0) is 6.54 Å². The molecule has 32 heavy (non-hydrogen) atoms. The largest absolute Gasteiger partial charge is 0.496 e. The fourth-order valence-electron chi connectivity index (χ4n) is 3.14. The summed E-state index contributed by atoms with van der Waals surface area (Å²) in [6, 6.07) is 22.6. The standard InChI is InChI=1S/C25H20ClN3O3/c1-16-20(26)7-5-9-22(16)31-18-12-10-17(11-13-18)15-28-25-21(14-27)29-24(32-25)19-6-3-4-8-23(19)30-2/h3-13,28H,15H2,1-2H3. The second-order valence-corrected chi connectivity index (χ2v) is 7.38. The zero-order chi connectivity index (χ0) is 22.5. The Balaban J connectivity index is 1.46. The minimum Gasteiger partial charge on any atom is -0.496 e. The molecule has 0 unspecified atom stereocenters. The van der Waals surface area contributed by atoms with Gasteiger partial charge in [0.2, 0.25) is 17.5 Å². The van der Waals surface area contributed by atoms with Crippen molar-refractivity contribution in [3.8, 4) is 34.8 Å². The van der Waals surface area contributed by atoms with Crippen molar-refractivity contribution in [1.29, 1.82) is 5.26 Å². The maximum absolute atomic E-state index is 9.45. The van der Waals surface area contributed by atoms with E-state index >= 15 is 0 Å². The molecule has 7 heteroatoms.